The molecule has 0 aliphatic heterocycles. The molecule has 0 bridgehead atoms. The molecule has 0 aromatic carbocycles. The maximum Gasteiger partial charge on any atom is 0.207 e. The highest BCUT2D eigenvalue weighted by atomic mass is 16.7. The predicted molar refractivity (Wildman–Crippen MR) is 69.3 cm³/mol. The van der Waals surface area contributed by atoms with Gasteiger partial charge < -0.3 is 0 Å². The number of hydrogen-bond acceptors (Lipinski definition) is 6. The van der Waals surface area contributed by atoms with Crippen LogP contribution in [0.2, 0.25) is 0 Å². The number of hydrogen-bond donors (Lipinski definition) is 0. The summed E-state index contributed by atoms with van der Waals surface area (Å²) in [5.41, 5.74) is 16.2. The summed E-state index contributed by atoms with van der Waals surface area (Å²) in [6.45, 7) is -0.920. The minimum absolute atomic E-state index is 0.0100. The maximum absolute atomic E-state index is 10.8. The van der Waals surface area contributed by atoms with Gasteiger partial charge in [-0.3, -0.25) is 0 Å². The summed E-state index contributed by atoms with van der Waals surface area (Å²) in [7, 11) is 0. The molecular formula is C7H14N10O4. The van der Waals surface area contributed by atoms with Gasteiger partial charge in [0.15, 0.2) is 16.7 Å². The summed E-state index contributed by atoms with van der Waals surface area (Å²) in [5.74, 6) is 0. The van der Waals surface area contributed by atoms with Crippen LogP contribution in [0, 0.1) is 20.2 Å². The second-order valence-corrected chi connectivity index (χ2v) is 3.74. The molecule has 0 saturated carbocycles. The van der Waals surface area contributed by atoms with E-state index in [0.29, 0.717) is 35.8 Å². The number of rotatable bonds is 12. The van der Waals surface area contributed by atoms with E-state index < -0.39 is 23.4 Å². The molecule has 0 aliphatic rings. The Morgan fingerprint density at radius 2 is 1.57 bits per heavy atom. The van der Waals surface area contributed by atoms with Crippen LogP contribution in [-0.2, 0) is 0 Å². The van der Waals surface area contributed by atoms with Crippen molar-refractivity contribution in [1.82, 2.24) is 10.0 Å². The fourth-order valence-electron chi connectivity index (χ4n) is 1.34. The molecule has 0 saturated heterocycles. The van der Waals surface area contributed by atoms with E-state index in [9.17, 15) is 20.2 Å². The fraction of sp³-hybridized carbons (Fsp3) is 1.00. The molecule has 0 aromatic rings. The Morgan fingerprint density at radius 3 is 2.10 bits per heavy atom. The van der Waals surface area contributed by atoms with Crippen molar-refractivity contribution in [2.75, 3.05) is 26.4 Å². The molecule has 0 rings (SSSR count). The molecule has 0 heterocycles. The molecule has 0 atom stereocenters. The van der Waals surface area contributed by atoms with Crippen molar-refractivity contribution >= 4 is 0 Å². The molecule has 0 N–H and O–H groups in total. The van der Waals surface area contributed by atoms with E-state index in [0.717, 1.165) is 0 Å². The van der Waals surface area contributed by atoms with Crippen LogP contribution >= 0.6 is 0 Å². The van der Waals surface area contributed by atoms with Gasteiger partial charge in [0.1, 0.15) is 0 Å². The van der Waals surface area contributed by atoms with Gasteiger partial charge in [-0.2, -0.15) is 0 Å². The van der Waals surface area contributed by atoms with Crippen molar-refractivity contribution in [3.05, 3.63) is 41.1 Å². The SMILES string of the molecule is [N-]=[N+]=NCCCCCN(CN(CN=[N+]=[N-])[N+](=O)[O-])[N+](=O)[O-]. The summed E-state index contributed by atoms with van der Waals surface area (Å²) in [4.78, 5) is 26.4. The predicted octanol–water partition coefficient (Wildman–Crippen LogP) is 1.68. The Bertz CT molecular complexity index is 443. The summed E-state index contributed by atoms with van der Waals surface area (Å²) < 4.78 is 0. The molecule has 0 radical (unpaired) electrons. The Hall–Kier alpha value is -2.98. The van der Waals surface area contributed by atoms with E-state index in [2.05, 4.69) is 20.1 Å². The molecule has 0 amide bonds. The lowest BCUT2D eigenvalue weighted by atomic mass is 10.2. The van der Waals surface area contributed by atoms with E-state index in [-0.39, 0.29) is 6.54 Å². The van der Waals surface area contributed by atoms with E-state index in [4.69, 9.17) is 11.1 Å². The number of unbranched alkanes of at least 4 members (excludes halogenated alkanes) is 2. The molecule has 21 heavy (non-hydrogen) atoms. The fourth-order valence-corrected chi connectivity index (χ4v) is 1.34. The van der Waals surface area contributed by atoms with Crippen molar-refractivity contribution in [3.63, 3.8) is 0 Å². The van der Waals surface area contributed by atoms with Crippen LogP contribution in [0.25, 0.3) is 20.9 Å². The van der Waals surface area contributed by atoms with Crippen LogP contribution < -0.4 is 0 Å². The molecule has 14 heteroatoms. The topological polar surface area (TPSA) is 190 Å². The number of azide groups is 2. The average molecular weight is 302 g/mol. The van der Waals surface area contributed by atoms with Crippen LogP contribution in [0.3, 0.4) is 0 Å². The van der Waals surface area contributed by atoms with Gasteiger partial charge in [-0.25, -0.2) is 20.2 Å². The zero-order chi connectivity index (χ0) is 16.1. The number of nitrogens with zero attached hydrogens (tertiary/aromatic N) is 10. The Morgan fingerprint density at radius 1 is 0.952 bits per heavy atom. The third-order valence-electron chi connectivity index (χ3n) is 2.32. The third-order valence-corrected chi connectivity index (χ3v) is 2.32. The second kappa shape index (κ2) is 10.9. The zero-order valence-corrected chi connectivity index (χ0v) is 11.1. The van der Waals surface area contributed by atoms with E-state index in [1.165, 1.54) is 0 Å². The highest BCUT2D eigenvalue weighted by molar-refractivity contribution is 4.51. The second-order valence-electron chi connectivity index (χ2n) is 3.74. The van der Waals surface area contributed by atoms with Crippen molar-refractivity contribution in [3.8, 4) is 0 Å². The zero-order valence-electron chi connectivity index (χ0n) is 11.1. The minimum atomic E-state index is -0.868. The first-order valence-electron chi connectivity index (χ1n) is 5.83. The quantitative estimate of drug-likeness (QED) is 0.1000. The lowest BCUT2D eigenvalue weighted by Crippen LogP contribution is -2.44. The first kappa shape index (κ1) is 18.0. The number of hydrazine groups is 2. The van der Waals surface area contributed by atoms with Crippen LogP contribution in [-0.4, -0.2) is 46.5 Å². The van der Waals surface area contributed by atoms with Gasteiger partial charge in [-0.05, 0) is 23.9 Å². The monoisotopic (exact) mass is 302 g/mol. The van der Waals surface area contributed by atoms with Gasteiger partial charge >= 0.3 is 0 Å². The van der Waals surface area contributed by atoms with Crippen molar-refractivity contribution < 1.29 is 10.1 Å². The molecule has 0 aromatic heterocycles. The van der Waals surface area contributed by atoms with E-state index in [1.807, 2.05) is 0 Å². The van der Waals surface area contributed by atoms with E-state index in [1.54, 1.807) is 0 Å². The van der Waals surface area contributed by atoms with Crippen molar-refractivity contribution in [1.29, 1.82) is 0 Å². The standard InChI is InChI=1S/C7H14N10O4/c8-12-10-4-2-1-3-5-14(16(18)19)7-15(17(20)21)6-11-13-9/h1-7H2. The summed E-state index contributed by atoms with van der Waals surface area (Å²) in [6, 6.07) is 0. The lowest BCUT2D eigenvalue weighted by Gasteiger charge is -2.17. The van der Waals surface area contributed by atoms with Gasteiger partial charge in [0.05, 0.1) is 6.54 Å². The van der Waals surface area contributed by atoms with Gasteiger partial charge in [0, 0.05) is 16.4 Å². The van der Waals surface area contributed by atoms with Crippen LogP contribution in [0.15, 0.2) is 10.2 Å². The van der Waals surface area contributed by atoms with Crippen molar-refractivity contribution in [2.24, 2.45) is 10.2 Å². The summed E-state index contributed by atoms with van der Waals surface area (Å²) in [5, 5.41) is 27.3. The van der Waals surface area contributed by atoms with Gasteiger partial charge in [-0.15, -0.1) is 5.01 Å². The summed E-state index contributed by atoms with van der Waals surface area (Å²) >= 11 is 0. The van der Waals surface area contributed by atoms with Gasteiger partial charge in [0.25, 0.3) is 0 Å². The van der Waals surface area contributed by atoms with Crippen LogP contribution in [0.4, 0.5) is 0 Å². The number of nitro groups is 2. The minimum Gasteiger partial charge on any atom is -0.235 e. The van der Waals surface area contributed by atoms with E-state index >= 15 is 0 Å². The third kappa shape index (κ3) is 8.69. The normalized spacial score (nSPS) is 9.14. The molecule has 0 spiro atoms. The van der Waals surface area contributed by atoms with Crippen LogP contribution in [0.1, 0.15) is 19.3 Å². The van der Waals surface area contributed by atoms with Crippen molar-refractivity contribution in [2.45, 2.75) is 19.3 Å². The largest absolute Gasteiger partial charge is 0.235 e. The Kier molecular flexibility index (Phi) is 9.35. The summed E-state index contributed by atoms with van der Waals surface area (Å²) in [6.07, 6.45) is 1.57. The molecule has 0 aliphatic carbocycles. The molecule has 0 fully saturated rings. The maximum atomic E-state index is 10.8. The molecule has 0 unspecified atom stereocenters. The van der Waals surface area contributed by atoms with Gasteiger partial charge in [0.2, 0.25) is 6.67 Å². The first-order chi connectivity index (χ1) is 10.0. The first-order valence-corrected chi connectivity index (χ1v) is 5.83. The lowest BCUT2D eigenvalue weighted by molar-refractivity contribution is -0.711. The average Bonchev–Trinajstić information content (AvgIpc) is 2.44. The molecular weight excluding hydrogens is 288 g/mol. The smallest absolute Gasteiger partial charge is 0.207 e. The Balaban J connectivity index is 4.32. The van der Waals surface area contributed by atoms with Gasteiger partial charge in [-0.1, -0.05) is 21.7 Å². The highest BCUT2D eigenvalue weighted by Gasteiger charge is 2.23. The molecule has 14 nitrogen and oxygen atoms in total. The van der Waals surface area contributed by atoms with Crippen LogP contribution in [0.5, 0.6) is 0 Å². The highest BCUT2D eigenvalue weighted by Crippen LogP contribution is 2.02. The molecule has 116 valence electrons. The Labute approximate surface area is 118 Å².